The Bertz CT molecular complexity index is 969. The number of pyridine rings is 1. The number of rotatable bonds is 5. The van der Waals surface area contributed by atoms with Gasteiger partial charge in [0.15, 0.2) is 0 Å². The number of thioether (sulfide) groups is 1. The average molecular weight is 424 g/mol. The van der Waals surface area contributed by atoms with Crippen molar-refractivity contribution >= 4 is 34.9 Å². The molecule has 0 N–H and O–H groups in total. The van der Waals surface area contributed by atoms with Gasteiger partial charge in [0.05, 0.1) is 11.1 Å². The summed E-state index contributed by atoms with van der Waals surface area (Å²) in [6.45, 7) is 2.14. The zero-order valence-electron chi connectivity index (χ0n) is 15.9. The highest BCUT2D eigenvalue weighted by atomic mass is 32.2. The molecule has 148 valence electrons. The van der Waals surface area contributed by atoms with Crippen LogP contribution in [0.2, 0.25) is 0 Å². The third-order valence-corrected chi connectivity index (χ3v) is 7.01. The zero-order chi connectivity index (χ0) is 20.1. The minimum Gasteiger partial charge on any atom is -0.335 e. The van der Waals surface area contributed by atoms with Crippen LogP contribution in [0, 0.1) is 0 Å². The maximum absolute atomic E-state index is 13.1. The number of carbonyl (C=O) groups is 2. The molecule has 1 aliphatic rings. The molecular formula is C22H21N3O2S2. The van der Waals surface area contributed by atoms with Crippen LogP contribution in [0.5, 0.6) is 0 Å². The molecule has 7 heteroatoms. The van der Waals surface area contributed by atoms with Gasteiger partial charge in [-0.2, -0.15) is 0 Å². The van der Waals surface area contributed by atoms with Gasteiger partial charge < -0.3 is 9.80 Å². The Morgan fingerprint density at radius 2 is 1.69 bits per heavy atom. The van der Waals surface area contributed by atoms with Crippen molar-refractivity contribution in [3.8, 4) is 0 Å². The van der Waals surface area contributed by atoms with Crippen molar-refractivity contribution in [1.29, 1.82) is 0 Å². The molecule has 1 fully saturated rings. The molecule has 29 heavy (non-hydrogen) atoms. The van der Waals surface area contributed by atoms with Gasteiger partial charge in [-0.05, 0) is 35.7 Å². The summed E-state index contributed by atoms with van der Waals surface area (Å²) in [7, 11) is 0. The third-order valence-electron chi connectivity index (χ3n) is 4.83. The predicted octanol–water partition coefficient (Wildman–Crippen LogP) is 4.03. The van der Waals surface area contributed by atoms with E-state index < -0.39 is 0 Å². The molecule has 1 aliphatic heterocycles. The van der Waals surface area contributed by atoms with E-state index in [1.807, 2.05) is 35.2 Å². The number of aromatic nitrogens is 1. The lowest BCUT2D eigenvalue weighted by Gasteiger charge is -2.35. The Kier molecular flexibility index (Phi) is 6.27. The van der Waals surface area contributed by atoms with Crippen LogP contribution < -0.4 is 0 Å². The van der Waals surface area contributed by atoms with Gasteiger partial charge >= 0.3 is 0 Å². The molecule has 1 saturated heterocycles. The van der Waals surface area contributed by atoms with E-state index in [4.69, 9.17) is 0 Å². The first-order valence-electron chi connectivity index (χ1n) is 9.45. The summed E-state index contributed by atoms with van der Waals surface area (Å²) in [6.07, 6.45) is 3.24. The number of hydrogen-bond donors (Lipinski definition) is 0. The van der Waals surface area contributed by atoms with Crippen molar-refractivity contribution in [2.45, 2.75) is 10.6 Å². The van der Waals surface area contributed by atoms with Crippen molar-refractivity contribution in [3.05, 3.63) is 82.3 Å². The lowest BCUT2D eigenvalue weighted by Crippen LogP contribution is -2.50. The van der Waals surface area contributed by atoms with Crippen LogP contribution in [-0.2, 0) is 5.75 Å². The number of amides is 2. The number of nitrogens with zero attached hydrogens (tertiary/aromatic N) is 3. The first kappa shape index (κ1) is 19.7. The van der Waals surface area contributed by atoms with Crippen LogP contribution in [0.1, 0.15) is 25.6 Å². The first-order valence-corrected chi connectivity index (χ1v) is 11.3. The molecule has 0 unspecified atom stereocenters. The number of thiophene rings is 1. The lowest BCUT2D eigenvalue weighted by molar-refractivity contribution is 0.0533. The third kappa shape index (κ3) is 4.68. The van der Waals surface area contributed by atoms with Gasteiger partial charge in [-0.25, -0.2) is 0 Å². The van der Waals surface area contributed by atoms with Crippen LogP contribution >= 0.6 is 23.1 Å². The van der Waals surface area contributed by atoms with Crippen LogP contribution in [-0.4, -0.2) is 52.8 Å². The fourth-order valence-corrected chi connectivity index (χ4v) is 5.09. The highest BCUT2D eigenvalue weighted by molar-refractivity contribution is 7.98. The summed E-state index contributed by atoms with van der Waals surface area (Å²) in [6, 6.07) is 15.5. The highest BCUT2D eigenvalue weighted by Gasteiger charge is 2.26. The molecule has 0 atom stereocenters. The maximum Gasteiger partial charge on any atom is 0.255 e. The predicted molar refractivity (Wildman–Crippen MR) is 116 cm³/mol. The van der Waals surface area contributed by atoms with E-state index in [9.17, 15) is 9.59 Å². The highest BCUT2D eigenvalue weighted by Crippen LogP contribution is 2.29. The van der Waals surface area contributed by atoms with Crippen LogP contribution in [0.4, 0.5) is 0 Å². The average Bonchev–Trinajstić information content (AvgIpc) is 3.31. The van der Waals surface area contributed by atoms with Gasteiger partial charge in [0.25, 0.3) is 11.8 Å². The van der Waals surface area contributed by atoms with Crippen molar-refractivity contribution in [1.82, 2.24) is 14.8 Å². The molecule has 0 bridgehead atoms. The summed E-state index contributed by atoms with van der Waals surface area (Å²) in [5.74, 6) is 0.861. The monoisotopic (exact) mass is 423 g/mol. The van der Waals surface area contributed by atoms with Gasteiger partial charge in [-0.1, -0.05) is 18.2 Å². The van der Waals surface area contributed by atoms with E-state index in [2.05, 4.69) is 16.4 Å². The van der Waals surface area contributed by atoms with Gasteiger partial charge in [-0.3, -0.25) is 14.6 Å². The van der Waals surface area contributed by atoms with Gasteiger partial charge in [0.1, 0.15) is 0 Å². The molecule has 2 aromatic heterocycles. The molecule has 3 aromatic rings. The van der Waals surface area contributed by atoms with E-state index in [0.29, 0.717) is 31.7 Å². The summed E-state index contributed by atoms with van der Waals surface area (Å²) in [5.41, 5.74) is 1.32. The van der Waals surface area contributed by atoms with Crippen molar-refractivity contribution in [2.75, 3.05) is 26.2 Å². The van der Waals surface area contributed by atoms with Crippen LogP contribution in [0.15, 0.2) is 71.2 Å². The Hall–Kier alpha value is -2.64. The molecule has 0 aliphatic carbocycles. The van der Waals surface area contributed by atoms with E-state index >= 15 is 0 Å². The number of benzene rings is 1. The molecule has 0 spiro atoms. The van der Waals surface area contributed by atoms with Gasteiger partial charge in [0, 0.05) is 54.1 Å². The van der Waals surface area contributed by atoms with E-state index in [1.165, 1.54) is 4.88 Å². The minimum absolute atomic E-state index is 0.0305. The minimum atomic E-state index is -0.0305. The summed E-state index contributed by atoms with van der Waals surface area (Å²) in [5, 5.41) is 2.07. The zero-order valence-corrected chi connectivity index (χ0v) is 17.5. The summed E-state index contributed by atoms with van der Waals surface area (Å²) < 4.78 is 0. The largest absolute Gasteiger partial charge is 0.335 e. The lowest BCUT2D eigenvalue weighted by atomic mass is 10.1. The number of hydrogen-bond acceptors (Lipinski definition) is 5. The topological polar surface area (TPSA) is 53.5 Å². The normalized spacial score (nSPS) is 14.1. The molecule has 3 heterocycles. The molecule has 0 saturated carbocycles. The Morgan fingerprint density at radius 1 is 0.931 bits per heavy atom. The smallest absolute Gasteiger partial charge is 0.255 e. The van der Waals surface area contributed by atoms with E-state index in [0.717, 1.165) is 16.2 Å². The van der Waals surface area contributed by atoms with E-state index in [-0.39, 0.29) is 11.8 Å². The SMILES string of the molecule is O=C(c1cccnc1)N1CCN(C(=O)c2ccccc2SCc2cccs2)CC1. The Balaban J connectivity index is 1.39. The number of carbonyl (C=O) groups excluding carboxylic acids is 2. The van der Waals surface area contributed by atoms with Gasteiger partial charge in [0.2, 0.25) is 0 Å². The number of piperazine rings is 1. The fourth-order valence-electron chi connectivity index (χ4n) is 3.27. The second-order valence-corrected chi connectivity index (χ2v) is 8.74. The van der Waals surface area contributed by atoms with E-state index in [1.54, 1.807) is 52.5 Å². The molecular weight excluding hydrogens is 402 g/mol. The van der Waals surface area contributed by atoms with Crippen molar-refractivity contribution < 1.29 is 9.59 Å². The standard InChI is InChI=1S/C22H21N3O2S2/c26-21(17-5-3-9-23-15-17)24-10-12-25(13-11-24)22(27)19-7-1-2-8-20(19)29-16-18-6-4-14-28-18/h1-9,14-15H,10-13,16H2. The summed E-state index contributed by atoms with van der Waals surface area (Å²) >= 11 is 3.42. The van der Waals surface area contributed by atoms with Crippen molar-refractivity contribution in [2.24, 2.45) is 0 Å². The summed E-state index contributed by atoms with van der Waals surface area (Å²) in [4.78, 5) is 35.6. The Labute approximate surface area is 178 Å². The second-order valence-electron chi connectivity index (χ2n) is 6.69. The maximum atomic E-state index is 13.1. The first-order chi connectivity index (χ1) is 14.2. The second kappa shape index (κ2) is 9.24. The quantitative estimate of drug-likeness (QED) is 0.582. The Morgan fingerprint density at radius 3 is 2.38 bits per heavy atom. The molecule has 2 amide bonds. The molecule has 0 radical (unpaired) electrons. The molecule has 5 nitrogen and oxygen atoms in total. The molecule has 1 aromatic carbocycles. The van der Waals surface area contributed by atoms with Crippen LogP contribution in [0.25, 0.3) is 0 Å². The van der Waals surface area contributed by atoms with Crippen LogP contribution in [0.3, 0.4) is 0 Å². The molecule has 4 rings (SSSR count). The fraction of sp³-hybridized carbons (Fsp3) is 0.227. The van der Waals surface area contributed by atoms with Crippen molar-refractivity contribution in [3.63, 3.8) is 0 Å². The van der Waals surface area contributed by atoms with Gasteiger partial charge in [-0.15, -0.1) is 23.1 Å².